The molecule has 0 radical (unpaired) electrons. The van der Waals surface area contributed by atoms with E-state index in [0.29, 0.717) is 25.1 Å². The highest BCUT2D eigenvalue weighted by molar-refractivity contribution is 5.38. The number of nitrogens with zero attached hydrogens (tertiary/aromatic N) is 4. The molecule has 2 aromatic rings. The Balaban J connectivity index is 1.38. The number of aromatic nitrogens is 2. The van der Waals surface area contributed by atoms with Crippen LogP contribution in [0.4, 0.5) is 14.7 Å². The first kappa shape index (κ1) is 17.9. The molecule has 1 aromatic carbocycles. The molecule has 7 heteroatoms. The van der Waals surface area contributed by atoms with E-state index >= 15 is 0 Å². The summed E-state index contributed by atoms with van der Waals surface area (Å²) in [6.45, 7) is 2.07. The maximum Gasteiger partial charge on any atom is 0.225 e. The van der Waals surface area contributed by atoms with Crippen molar-refractivity contribution in [2.45, 2.75) is 56.8 Å². The van der Waals surface area contributed by atoms with Gasteiger partial charge in [0.05, 0.1) is 11.8 Å². The molecule has 1 aromatic heterocycles. The van der Waals surface area contributed by atoms with Crippen molar-refractivity contribution in [2.24, 2.45) is 0 Å². The lowest BCUT2D eigenvalue weighted by Crippen LogP contribution is -2.41. The van der Waals surface area contributed by atoms with Gasteiger partial charge < -0.3 is 10.0 Å². The van der Waals surface area contributed by atoms with Gasteiger partial charge in [0.25, 0.3) is 0 Å². The maximum atomic E-state index is 13.6. The van der Waals surface area contributed by atoms with Crippen molar-refractivity contribution in [3.63, 3.8) is 0 Å². The van der Waals surface area contributed by atoms with Crippen LogP contribution in [0.2, 0.25) is 0 Å². The summed E-state index contributed by atoms with van der Waals surface area (Å²) in [6.07, 6.45) is 6.37. The minimum atomic E-state index is -0.806. The van der Waals surface area contributed by atoms with E-state index < -0.39 is 11.6 Å². The second kappa shape index (κ2) is 7.04. The molecule has 5 nitrogen and oxygen atoms in total. The number of fused-ring (bicyclic) bond motifs is 4. The molecule has 1 N–H and O–H groups in total. The third kappa shape index (κ3) is 3.16. The molecule has 3 atom stereocenters. The lowest BCUT2D eigenvalue weighted by atomic mass is 9.98. The van der Waals surface area contributed by atoms with Gasteiger partial charge in [-0.3, -0.25) is 4.90 Å². The van der Waals surface area contributed by atoms with E-state index in [9.17, 15) is 13.9 Å². The van der Waals surface area contributed by atoms with Gasteiger partial charge in [0.1, 0.15) is 0 Å². The summed E-state index contributed by atoms with van der Waals surface area (Å²) in [6, 6.07) is 4.75. The van der Waals surface area contributed by atoms with Gasteiger partial charge >= 0.3 is 0 Å². The number of aliphatic hydroxyl groups is 1. The molecular formula is C21H24F2N4O. The summed E-state index contributed by atoms with van der Waals surface area (Å²) in [5.41, 5.74) is 3.04. The number of hydrogen-bond acceptors (Lipinski definition) is 5. The van der Waals surface area contributed by atoms with Crippen molar-refractivity contribution in [3.05, 3.63) is 52.9 Å². The van der Waals surface area contributed by atoms with Crippen molar-refractivity contribution in [1.29, 1.82) is 0 Å². The van der Waals surface area contributed by atoms with Crippen LogP contribution in [-0.2, 0) is 13.0 Å². The van der Waals surface area contributed by atoms with E-state index in [2.05, 4.69) is 14.8 Å². The largest absolute Gasteiger partial charge is 0.391 e. The quantitative estimate of drug-likeness (QED) is 0.879. The third-order valence-electron chi connectivity index (χ3n) is 6.35. The van der Waals surface area contributed by atoms with E-state index in [-0.39, 0.29) is 12.1 Å². The standard InChI is InChI=1S/C21H24F2N4O/c22-17-5-3-13(8-18(17)23)11-27-14-4-6-20(27)16-10-24-21(25-19(16)9-14)26-7-1-2-15(28)12-26/h3,5,8,10,14-15,20,28H,1-2,4,6-7,9,11-12H2. The molecule has 0 spiro atoms. The second-order valence-corrected chi connectivity index (χ2v) is 8.19. The van der Waals surface area contributed by atoms with Gasteiger partial charge in [-0.2, -0.15) is 0 Å². The molecule has 4 heterocycles. The van der Waals surface area contributed by atoms with Crippen LogP contribution in [0.25, 0.3) is 0 Å². The van der Waals surface area contributed by atoms with Gasteiger partial charge in [-0.15, -0.1) is 0 Å². The Morgan fingerprint density at radius 2 is 2.04 bits per heavy atom. The first-order valence-corrected chi connectivity index (χ1v) is 10.1. The molecule has 0 saturated carbocycles. The Morgan fingerprint density at radius 3 is 2.86 bits per heavy atom. The lowest BCUT2D eigenvalue weighted by molar-refractivity contribution is 0.153. The zero-order chi connectivity index (χ0) is 19.3. The second-order valence-electron chi connectivity index (χ2n) is 8.19. The van der Waals surface area contributed by atoms with E-state index in [0.717, 1.165) is 55.5 Å². The Hall–Kier alpha value is -2.12. The van der Waals surface area contributed by atoms with Gasteiger partial charge in [0.15, 0.2) is 11.6 Å². The fourth-order valence-corrected chi connectivity index (χ4v) is 4.95. The summed E-state index contributed by atoms with van der Waals surface area (Å²) in [5, 5.41) is 9.93. The minimum Gasteiger partial charge on any atom is -0.391 e. The molecule has 28 heavy (non-hydrogen) atoms. The fourth-order valence-electron chi connectivity index (χ4n) is 4.95. The van der Waals surface area contributed by atoms with Crippen molar-refractivity contribution in [1.82, 2.24) is 14.9 Å². The lowest BCUT2D eigenvalue weighted by Gasteiger charge is -2.36. The predicted octanol–water partition coefficient (Wildman–Crippen LogP) is 2.98. The van der Waals surface area contributed by atoms with Crippen molar-refractivity contribution in [3.8, 4) is 0 Å². The molecule has 3 unspecified atom stereocenters. The molecule has 2 fully saturated rings. The van der Waals surface area contributed by atoms with Gasteiger partial charge in [-0.1, -0.05) is 6.07 Å². The number of piperidine rings is 1. The monoisotopic (exact) mass is 386 g/mol. The predicted molar refractivity (Wildman–Crippen MR) is 101 cm³/mol. The van der Waals surface area contributed by atoms with Crippen LogP contribution in [0.1, 0.15) is 48.5 Å². The average Bonchev–Trinajstić information content (AvgIpc) is 2.96. The number of hydrogen-bond donors (Lipinski definition) is 1. The van der Waals surface area contributed by atoms with E-state index in [4.69, 9.17) is 4.98 Å². The molecule has 148 valence electrons. The molecular weight excluding hydrogens is 362 g/mol. The molecule has 5 rings (SSSR count). The third-order valence-corrected chi connectivity index (χ3v) is 6.35. The van der Waals surface area contributed by atoms with Crippen LogP contribution in [-0.4, -0.2) is 45.2 Å². The SMILES string of the molecule is OC1CCCN(c2ncc3c(n2)CC2CCC3N2Cc2ccc(F)c(F)c2)C1. The van der Waals surface area contributed by atoms with Crippen LogP contribution in [0.3, 0.4) is 0 Å². The molecule has 0 amide bonds. The van der Waals surface area contributed by atoms with Crippen LogP contribution in [0, 0.1) is 11.6 Å². The first-order valence-electron chi connectivity index (χ1n) is 10.1. The zero-order valence-corrected chi connectivity index (χ0v) is 15.7. The summed E-state index contributed by atoms with van der Waals surface area (Å²) in [5.74, 6) is -0.885. The molecule has 3 aliphatic heterocycles. The number of halogens is 2. The first-order chi connectivity index (χ1) is 13.6. The highest BCUT2D eigenvalue weighted by atomic mass is 19.2. The van der Waals surface area contributed by atoms with Crippen molar-refractivity contribution >= 4 is 5.95 Å². The molecule has 3 aliphatic rings. The molecule has 2 bridgehead atoms. The number of β-amino-alcohol motifs (C(OH)–C–C–N with tert-alkyl or cyclic N) is 1. The number of rotatable bonds is 3. The van der Waals surface area contributed by atoms with E-state index in [1.54, 1.807) is 6.07 Å². The van der Waals surface area contributed by atoms with Crippen LogP contribution in [0.5, 0.6) is 0 Å². The Kier molecular flexibility index (Phi) is 4.51. The van der Waals surface area contributed by atoms with Crippen LogP contribution < -0.4 is 4.90 Å². The fraction of sp³-hybridized carbons (Fsp3) is 0.524. The van der Waals surface area contributed by atoms with Gasteiger partial charge in [0.2, 0.25) is 5.95 Å². The molecule has 0 aliphatic carbocycles. The highest BCUT2D eigenvalue weighted by Gasteiger charge is 2.41. The van der Waals surface area contributed by atoms with Gasteiger partial charge in [-0.05, 0) is 43.4 Å². The Labute approximate surface area is 163 Å². The van der Waals surface area contributed by atoms with Crippen molar-refractivity contribution < 1.29 is 13.9 Å². The van der Waals surface area contributed by atoms with Crippen LogP contribution in [0.15, 0.2) is 24.4 Å². The normalized spacial score (nSPS) is 27.1. The van der Waals surface area contributed by atoms with Crippen LogP contribution >= 0.6 is 0 Å². The van der Waals surface area contributed by atoms with E-state index in [1.807, 2.05) is 6.20 Å². The number of aliphatic hydroxyl groups excluding tert-OH is 1. The Morgan fingerprint density at radius 1 is 1.14 bits per heavy atom. The smallest absolute Gasteiger partial charge is 0.225 e. The van der Waals surface area contributed by atoms with Crippen molar-refractivity contribution in [2.75, 3.05) is 18.0 Å². The minimum absolute atomic E-state index is 0.225. The zero-order valence-electron chi connectivity index (χ0n) is 15.7. The maximum absolute atomic E-state index is 13.6. The Bertz CT molecular complexity index is 893. The summed E-state index contributed by atoms with van der Waals surface area (Å²) in [4.78, 5) is 13.9. The number of anilines is 1. The summed E-state index contributed by atoms with van der Waals surface area (Å²) < 4.78 is 26.8. The summed E-state index contributed by atoms with van der Waals surface area (Å²) in [7, 11) is 0. The molecule has 2 saturated heterocycles. The average molecular weight is 386 g/mol. The number of benzene rings is 1. The highest BCUT2D eigenvalue weighted by Crippen LogP contribution is 2.44. The van der Waals surface area contributed by atoms with Gasteiger partial charge in [0, 0.05) is 49.9 Å². The summed E-state index contributed by atoms with van der Waals surface area (Å²) >= 11 is 0. The van der Waals surface area contributed by atoms with Gasteiger partial charge in [-0.25, -0.2) is 18.7 Å². The van der Waals surface area contributed by atoms with E-state index in [1.165, 1.54) is 12.1 Å². The topological polar surface area (TPSA) is 52.5 Å².